The maximum Gasteiger partial charge on any atom is 0.0101 e. The molecular formula is C10H20S. The van der Waals surface area contributed by atoms with Crippen LogP contribution in [0, 0.1) is 11.8 Å². The van der Waals surface area contributed by atoms with Gasteiger partial charge in [-0.25, -0.2) is 0 Å². The van der Waals surface area contributed by atoms with Crippen molar-refractivity contribution in [3.63, 3.8) is 0 Å². The molecule has 0 radical (unpaired) electrons. The number of hydrogen-bond acceptors (Lipinski definition) is 1. The molecule has 0 aliphatic heterocycles. The Morgan fingerprint density at radius 2 is 1.55 bits per heavy atom. The molecule has 0 heterocycles. The van der Waals surface area contributed by atoms with Crippen molar-refractivity contribution in [1.29, 1.82) is 0 Å². The van der Waals surface area contributed by atoms with Crippen LogP contribution in [0.3, 0.4) is 0 Å². The van der Waals surface area contributed by atoms with Crippen LogP contribution in [0.2, 0.25) is 0 Å². The first kappa shape index (κ1) is 9.44. The Bertz CT molecular complexity index is 115. The Labute approximate surface area is 76.2 Å². The lowest BCUT2D eigenvalue weighted by molar-refractivity contribution is 0.254. The van der Waals surface area contributed by atoms with E-state index in [0.717, 1.165) is 11.8 Å². The van der Waals surface area contributed by atoms with E-state index in [9.17, 15) is 0 Å². The van der Waals surface area contributed by atoms with E-state index in [1.165, 1.54) is 25.7 Å². The molecule has 0 spiro atoms. The third kappa shape index (κ3) is 2.70. The smallest absolute Gasteiger partial charge is 0.0101 e. The summed E-state index contributed by atoms with van der Waals surface area (Å²) in [6.07, 6.45) is 5.60. The lowest BCUT2D eigenvalue weighted by Gasteiger charge is -2.35. The molecule has 1 saturated carbocycles. The van der Waals surface area contributed by atoms with Crippen LogP contribution >= 0.6 is 12.6 Å². The minimum absolute atomic E-state index is 0.250. The Morgan fingerprint density at radius 1 is 1.09 bits per heavy atom. The molecule has 66 valence electrons. The third-order valence-electron chi connectivity index (χ3n) is 3.01. The minimum Gasteiger partial charge on any atom is -0.173 e. The summed E-state index contributed by atoms with van der Waals surface area (Å²) in [5.41, 5.74) is 0. The van der Waals surface area contributed by atoms with Crippen molar-refractivity contribution in [2.24, 2.45) is 11.8 Å². The van der Waals surface area contributed by atoms with Gasteiger partial charge in [0.15, 0.2) is 0 Å². The summed E-state index contributed by atoms with van der Waals surface area (Å²) in [5, 5.41) is 0. The fourth-order valence-electron chi connectivity index (χ4n) is 1.97. The molecule has 0 atom stereocenters. The van der Waals surface area contributed by atoms with Crippen LogP contribution in [0.25, 0.3) is 0 Å². The van der Waals surface area contributed by atoms with Gasteiger partial charge in [-0.3, -0.25) is 0 Å². The van der Waals surface area contributed by atoms with Crippen LogP contribution in [-0.2, 0) is 0 Å². The zero-order chi connectivity index (χ0) is 8.48. The van der Waals surface area contributed by atoms with E-state index in [2.05, 4.69) is 33.4 Å². The summed E-state index contributed by atoms with van der Waals surface area (Å²) in [7, 11) is 0. The van der Waals surface area contributed by atoms with Gasteiger partial charge in [-0.2, -0.15) is 12.6 Å². The van der Waals surface area contributed by atoms with E-state index in [1.807, 2.05) is 0 Å². The molecule has 1 aliphatic carbocycles. The molecule has 11 heavy (non-hydrogen) atoms. The standard InChI is InChI=1S/C10H20S/c1-8-4-6-9(7-5-8)10(2,3)11/h8-9,11H,4-7H2,1-3H3/t8-,9-. The Morgan fingerprint density at radius 3 is 1.91 bits per heavy atom. The quantitative estimate of drug-likeness (QED) is 0.575. The molecule has 0 saturated heterocycles. The van der Waals surface area contributed by atoms with Crippen LogP contribution in [0.5, 0.6) is 0 Å². The first-order valence-electron chi connectivity index (χ1n) is 4.72. The predicted octanol–water partition coefficient (Wildman–Crippen LogP) is 3.52. The van der Waals surface area contributed by atoms with Gasteiger partial charge in [-0.05, 0) is 24.7 Å². The van der Waals surface area contributed by atoms with E-state index in [0.29, 0.717) is 0 Å². The number of thiol groups is 1. The topological polar surface area (TPSA) is 0 Å². The second-order valence-electron chi connectivity index (χ2n) is 4.61. The van der Waals surface area contributed by atoms with Gasteiger partial charge in [0.1, 0.15) is 0 Å². The van der Waals surface area contributed by atoms with Crippen molar-refractivity contribution < 1.29 is 0 Å². The van der Waals surface area contributed by atoms with Gasteiger partial charge < -0.3 is 0 Å². The second-order valence-corrected chi connectivity index (χ2v) is 5.76. The lowest BCUT2D eigenvalue weighted by atomic mass is 9.77. The summed E-state index contributed by atoms with van der Waals surface area (Å²) < 4.78 is 0.250. The van der Waals surface area contributed by atoms with Crippen LogP contribution in [0.15, 0.2) is 0 Å². The van der Waals surface area contributed by atoms with E-state index in [-0.39, 0.29) is 4.75 Å². The van der Waals surface area contributed by atoms with E-state index >= 15 is 0 Å². The van der Waals surface area contributed by atoms with Gasteiger partial charge >= 0.3 is 0 Å². The third-order valence-corrected chi connectivity index (χ3v) is 3.38. The van der Waals surface area contributed by atoms with E-state index in [4.69, 9.17) is 0 Å². The molecule has 0 nitrogen and oxygen atoms in total. The minimum atomic E-state index is 0.250. The zero-order valence-electron chi connectivity index (χ0n) is 7.93. The van der Waals surface area contributed by atoms with E-state index in [1.54, 1.807) is 0 Å². The Hall–Kier alpha value is 0.350. The molecule has 0 amide bonds. The molecule has 0 unspecified atom stereocenters. The van der Waals surface area contributed by atoms with Gasteiger partial charge in [-0.15, -0.1) is 0 Å². The van der Waals surface area contributed by atoms with Crippen LogP contribution in [0.4, 0.5) is 0 Å². The van der Waals surface area contributed by atoms with Gasteiger partial charge in [-0.1, -0.05) is 33.6 Å². The summed E-state index contributed by atoms with van der Waals surface area (Å²) in [6.45, 7) is 6.86. The summed E-state index contributed by atoms with van der Waals surface area (Å²) in [5.74, 6) is 1.81. The van der Waals surface area contributed by atoms with Crippen molar-refractivity contribution >= 4 is 12.6 Å². The normalized spacial score (nSPS) is 33.8. The maximum absolute atomic E-state index is 4.63. The Kier molecular flexibility index (Phi) is 2.90. The van der Waals surface area contributed by atoms with Crippen LogP contribution < -0.4 is 0 Å². The highest BCUT2D eigenvalue weighted by Gasteiger charge is 2.28. The highest BCUT2D eigenvalue weighted by Crippen LogP contribution is 2.37. The number of rotatable bonds is 1. The highest BCUT2D eigenvalue weighted by molar-refractivity contribution is 7.81. The van der Waals surface area contributed by atoms with Crippen molar-refractivity contribution in [2.45, 2.75) is 51.2 Å². The average molecular weight is 172 g/mol. The summed E-state index contributed by atoms with van der Waals surface area (Å²) >= 11 is 4.63. The van der Waals surface area contributed by atoms with Crippen molar-refractivity contribution in [3.8, 4) is 0 Å². The second kappa shape index (κ2) is 3.38. The van der Waals surface area contributed by atoms with Gasteiger partial charge in [0.25, 0.3) is 0 Å². The lowest BCUT2D eigenvalue weighted by Crippen LogP contribution is -2.28. The summed E-state index contributed by atoms with van der Waals surface area (Å²) in [6, 6.07) is 0. The zero-order valence-corrected chi connectivity index (χ0v) is 8.82. The monoisotopic (exact) mass is 172 g/mol. The molecule has 0 aromatic rings. The molecule has 1 aliphatic rings. The summed E-state index contributed by atoms with van der Waals surface area (Å²) in [4.78, 5) is 0. The SMILES string of the molecule is CC(C)(S)[C@H]1CC[C@H](C)CC1. The predicted molar refractivity (Wildman–Crippen MR) is 54.2 cm³/mol. The molecule has 1 fully saturated rings. The van der Waals surface area contributed by atoms with Gasteiger partial charge in [0, 0.05) is 4.75 Å². The van der Waals surface area contributed by atoms with Crippen molar-refractivity contribution in [3.05, 3.63) is 0 Å². The molecule has 1 heteroatoms. The van der Waals surface area contributed by atoms with Gasteiger partial charge in [0.05, 0.1) is 0 Å². The van der Waals surface area contributed by atoms with Crippen LogP contribution in [0.1, 0.15) is 46.5 Å². The van der Waals surface area contributed by atoms with Crippen molar-refractivity contribution in [1.82, 2.24) is 0 Å². The average Bonchev–Trinajstić information content (AvgIpc) is 1.86. The molecular weight excluding hydrogens is 152 g/mol. The molecule has 0 aromatic carbocycles. The maximum atomic E-state index is 4.63. The number of hydrogen-bond donors (Lipinski definition) is 1. The largest absolute Gasteiger partial charge is 0.173 e. The first-order chi connectivity index (χ1) is 5.00. The van der Waals surface area contributed by atoms with E-state index < -0.39 is 0 Å². The first-order valence-corrected chi connectivity index (χ1v) is 5.17. The van der Waals surface area contributed by atoms with Gasteiger partial charge in [0.2, 0.25) is 0 Å². The van der Waals surface area contributed by atoms with Crippen LogP contribution in [-0.4, -0.2) is 4.75 Å². The molecule has 0 bridgehead atoms. The Balaban J connectivity index is 2.39. The molecule has 0 aromatic heterocycles. The fourth-order valence-corrected chi connectivity index (χ4v) is 2.22. The molecule has 0 N–H and O–H groups in total. The van der Waals surface area contributed by atoms with Crippen molar-refractivity contribution in [2.75, 3.05) is 0 Å². The molecule has 1 rings (SSSR count). The highest BCUT2D eigenvalue weighted by atomic mass is 32.1. The fraction of sp³-hybridized carbons (Fsp3) is 1.00.